The SMILES string of the molecule is C.CCOC(=O)C(=CNc1cc(C(F)(F)F)ccc1Cl)C(=O)OCC.CCOC(=O)c1c[nH]c2c(Cl)ccc(C(F)(F)F)c2c1=O.CCOC(=O)c1c[nH]c2cccc(C(F)(F)F)c2c1=O.CCOC=C(C(=O)OCC)C(=O)OCC.Nc1cc(C(F)(F)F)ccc1Cl.O=C(O)c1c[nH]c2cccc(C(F)(F)F)c2c1=O. The molecule has 0 unspecified atom stereocenters. The molecule has 3 aromatic heterocycles. The van der Waals surface area contributed by atoms with Gasteiger partial charge in [0.25, 0.3) is 0 Å². The number of carbonyl (C=O) groups is 7. The van der Waals surface area contributed by atoms with E-state index in [-0.39, 0.29) is 95.6 Å². The van der Waals surface area contributed by atoms with Crippen LogP contribution >= 0.6 is 34.8 Å². The number of nitrogen functional groups attached to an aromatic ring is 1. The van der Waals surface area contributed by atoms with Gasteiger partial charge in [0.2, 0.25) is 16.3 Å². The number of esters is 6. The van der Waals surface area contributed by atoms with Gasteiger partial charge in [0.15, 0.2) is 11.1 Å². The summed E-state index contributed by atoms with van der Waals surface area (Å²) < 4.78 is 223. The number of nitrogens with one attached hydrogen (secondary N) is 4. The van der Waals surface area contributed by atoms with Gasteiger partial charge in [0.05, 0.1) is 122 Å². The van der Waals surface area contributed by atoms with Gasteiger partial charge in [-0.2, -0.15) is 65.9 Å². The second-order valence-corrected chi connectivity index (χ2v) is 21.9. The molecule has 0 radical (unpaired) electrons. The summed E-state index contributed by atoms with van der Waals surface area (Å²) in [5, 5.41) is 9.27. The molecule has 8 aromatic rings. The highest BCUT2D eigenvalue weighted by Gasteiger charge is 2.38. The van der Waals surface area contributed by atoms with Crippen LogP contribution in [0.25, 0.3) is 32.7 Å². The number of rotatable bonds is 17. The number of halogens is 18. The van der Waals surface area contributed by atoms with Crippen molar-refractivity contribution in [1.29, 1.82) is 0 Å². The normalized spacial score (nSPS) is 11.0. The number of aromatic carboxylic acids is 1. The lowest BCUT2D eigenvalue weighted by Crippen LogP contribution is -2.21. The van der Waals surface area contributed by atoms with Crippen molar-refractivity contribution in [3.05, 3.63) is 217 Å². The number of hydrogen-bond acceptors (Lipinski definition) is 19. The zero-order valence-corrected chi connectivity index (χ0v) is 60.0. The zero-order valence-electron chi connectivity index (χ0n) is 57.7. The van der Waals surface area contributed by atoms with Crippen molar-refractivity contribution < 1.29 is 138 Å². The highest BCUT2D eigenvalue weighted by molar-refractivity contribution is 6.35. The molecule has 0 saturated carbocycles. The molecule has 0 saturated heterocycles. The number of anilines is 2. The van der Waals surface area contributed by atoms with Crippen molar-refractivity contribution >= 4 is 121 Å². The summed E-state index contributed by atoms with van der Waals surface area (Å²) in [4.78, 5) is 123. The van der Waals surface area contributed by atoms with E-state index in [9.17, 15) is 114 Å². The Morgan fingerprint density at radius 3 is 1.19 bits per heavy atom. The number of alkyl halides is 15. The molecule has 8 rings (SSSR count). The number of aromatic amines is 3. The number of hydrogen-bond donors (Lipinski definition) is 6. The molecule has 0 aliphatic carbocycles. The van der Waals surface area contributed by atoms with Gasteiger partial charge < -0.3 is 64.3 Å². The number of carbonyl (C=O) groups excluding carboxylic acids is 6. The smallest absolute Gasteiger partial charge is 0.417 e. The first kappa shape index (κ1) is 95.8. The van der Waals surface area contributed by atoms with E-state index in [1.165, 1.54) is 45.9 Å². The third-order valence-corrected chi connectivity index (χ3v) is 14.3. The van der Waals surface area contributed by atoms with Crippen molar-refractivity contribution in [3.8, 4) is 0 Å². The number of pyridine rings is 3. The van der Waals surface area contributed by atoms with Crippen LogP contribution in [-0.4, -0.2) is 108 Å². The zero-order chi connectivity index (χ0) is 83.6. The minimum atomic E-state index is -4.75. The molecule has 0 aliphatic rings. The van der Waals surface area contributed by atoms with Crippen molar-refractivity contribution in [2.75, 3.05) is 57.3 Å². The Bertz CT molecular complexity index is 4840. The number of ether oxygens (including phenoxy) is 7. The Hall–Kier alpha value is -11.3. The third-order valence-electron chi connectivity index (χ3n) is 13.3. The molecule has 7 N–H and O–H groups in total. The first-order valence-corrected chi connectivity index (χ1v) is 32.2. The fraction of sp³-hybridized carbons (Fsp3) is 0.286. The summed E-state index contributed by atoms with van der Waals surface area (Å²) in [6.07, 6.45) is -18.2. The average Bonchev–Trinajstić information content (AvgIpc) is 0.776. The van der Waals surface area contributed by atoms with Crippen LogP contribution < -0.4 is 27.3 Å². The monoisotopic (exact) mass is 1650 g/mol. The number of aromatic nitrogens is 3. The predicted octanol–water partition coefficient (Wildman–Crippen LogP) is 16.7. The van der Waals surface area contributed by atoms with Gasteiger partial charge in [-0.3, -0.25) is 14.4 Å². The summed E-state index contributed by atoms with van der Waals surface area (Å²) in [7, 11) is 0. The van der Waals surface area contributed by atoms with Gasteiger partial charge in [-0.15, -0.1) is 0 Å². The highest BCUT2D eigenvalue weighted by Crippen LogP contribution is 2.38. The standard InChI is InChI=1S/C15H15ClF3NO4.C13H9ClF3NO3.C13H10F3NO3.C11H6F3NO3.C10H16O5.C7H5ClF3N.CH4/c1-3-23-13(21)10(14(22)24-4-2)8-20-12-7-9(15(17,18)19)5-6-11(12)16;1-2-21-12(20)6-5-18-10-8(14)4-3-7(13(15,16)17)9(10)11(6)19;1-2-20-12(19)7-6-17-9-5-3-4-8(13(14,15)16)10(9)11(7)18;12-11(13,14)6-2-1-3-7-8(6)9(16)5(4-15-7)10(17)18;1-4-13-7-8(9(11)14-5-2)10(12)15-6-3;8-5-2-1-4(3-6(5)12)7(9,10)11;/h5-8,20H,3-4H2,1-2H3;3-5H,2H2,1H3,(H,18,19);3-6H,2H2,1H3,(H,17,18);1-4H,(H,15,16)(H,17,18);7H,4-6H2,1-3H3;1-3H,12H2;1H4. The summed E-state index contributed by atoms with van der Waals surface area (Å²) in [6.45, 7) is 12.0. The number of carboxylic acid groups (broad SMARTS) is 1. The van der Waals surface area contributed by atoms with Gasteiger partial charge >= 0.3 is 72.7 Å². The van der Waals surface area contributed by atoms with Gasteiger partial charge in [0.1, 0.15) is 23.0 Å². The van der Waals surface area contributed by atoms with E-state index < -0.39 is 155 Å². The summed E-state index contributed by atoms with van der Waals surface area (Å²) in [5.41, 5.74) is -5.94. The fourth-order valence-corrected chi connectivity index (χ4v) is 8.99. The topological polar surface area (TPSA) is 341 Å². The lowest BCUT2D eigenvalue weighted by molar-refractivity contribution is -0.148. The minimum Gasteiger partial charge on any atom is -0.500 e. The highest BCUT2D eigenvalue weighted by atomic mass is 35.5. The van der Waals surface area contributed by atoms with E-state index in [0.717, 1.165) is 91.7 Å². The van der Waals surface area contributed by atoms with E-state index in [1.54, 1.807) is 20.8 Å². The first-order chi connectivity index (χ1) is 51.2. The Morgan fingerprint density at radius 1 is 0.441 bits per heavy atom. The molecule has 0 fully saturated rings. The van der Waals surface area contributed by atoms with E-state index in [4.69, 9.17) is 59.9 Å². The maximum absolute atomic E-state index is 13.0. The van der Waals surface area contributed by atoms with Crippen LogP contribution in [0, 0.1) is 0 Å². The van der Waals surface area contributed by atoms with Crippen LogP contribution in [0.1, 0.15) is 115 Å². The number of fused-ring (bicyclic) bond motifs is 3. The second-order valence-electron chi connectivity index (χ2n) is 20.6. The number of nitrogens with two attached hydrogens (primary N) is 1. The van der Waals surface area contributed by atoms with Crippen LogP contribution in [-0.2, 0) is 83.2 Å². The van der Waals surface area contributed by atoms with E-state index in [1.807, 2.05) is 0 Å². The Morgan fingerprint density at radius 2 is 0.802 bits per heavy atom. The van der Waals surface area contributed by atoms with Crippen molar-refractivity contribution in [2.45, 2.75) is 86.8 Å². The summed E-state index contributed by atoms with van der Waals surface area (Å²) >= 11 is 17.0. The summed E-state index contributed by atoms with van der Waals surface area (Å²) in [5.74, 6) is -6.91. The molecule has 0 spiro atoms. The second kappa shape index (κ2) is 42.6. The van der Waals surface area contributed by atoms with Gasteiger partial charge in [-0.25, -0.2) is 33.6 Å². The Balaban J connectivity index is 0.000000456. The predicted molar refractivity (Wildman–Crippen MR) is 375 cm³/mol. The average molecular weight is 1660 g/mol. The molecule has 23 nitrogen and oxygen atoms in total. The van der Waals surface area contributed by atoms with Crippen LogP contribution in [0.3, 0.4) is 0 Å². The molecule has 0 aliphatic heterocycles. The Labute approximate surface area is 632 Å². The molecule has 5 aromatic carbocycles. The third kappa shape index (κ3) is 27.4. The maximum atomic E-state index is 13.0. The van der Waals surface area contributed by atoms with Gasteiger partial charge in [-0.1, -0.05) is 54.4 Å². The minimum absolute atomic E-state index is 0. The lowest BCUT2D eigenvalue weighted by atomic mass is 10.1. The molecule has 111 heavy (non-hydrogen) atoms. The first-order valence-electron chi connectivity index (χ1n) is 31.1. The number of benzene rings is 5. The largest absolute Gasteiger partial charge is 0.500 e. The van der Waals surface area contributed by atoms with Gasteiger partial charge in [-0.05, 0) is 121 Å². The van der Waals surface area contributed by atoms with Crippen molar-refractivity contribution in [1.82, 2.24) is 15.0 Å². The fourth-order valence-electron chi connectivity index (χ4n) is 8.49. The lowest BCUT2D eigenvalue weighted by Gasteiger charge is -2.11. The van der Waals surface area contributed by atoms with E-state index in [0.29, 0.717) is 12.7 Å². The number of carboxylic acids is 1. The van der Waals surface area contributed by atoms with E-state index in [2.05, 4.69) is 39.2 Å². The molecular weight excluding hydrogens is 1590 g/mol. The molecule has 0 bridgehead atoms. The van der Waals surface area contributed by atoms with E-state index >= 15 is 0 Å². The van der Waals surface area contributed by atoms with Crippen LogP contribution in [0.4, 0.5) is 77.2 Å². The molecule has 3 heterocycles. The number of H-pyrrole nitrogens is 3. The maximum Gasteiger partial charge on any atom is 0.417 e. The molecular formula is C70H65Cl3F15N5O18. The quantitative estimate of drug-likeness (QED) is 0.00721. The van der Waals surface area contributed by atoms with Crippen LogP contribution in [0.2, 0.25) is 15.1 Å². The van der Waals surface area contributed by atoms with Crippen molar-refractivity contribution in [2.24, 2.45) is 0 Å². The molecule has 41 heteroatoms. The molecule has 0 amide bonds. The molecule has 0 atom stereocenters. The van der Waals surface area contributed by atoms with Crippen LogP contribution in [0.5, 0.6) is 0 Å². The van der Waals surface area contributed by atoms with Crippen LogP contribution in [0.15, 0.2) is 142 Å². The van der Waals surface area contributed by atoms with Gasteiger partial charge in [0, 0.05) is 35.8 Å². The Kier molecular flexibility index (Phi) is 36.8. The van der Waals surface area contributed by atoms with Crippen molar-refractivity contribution in [3.63, 3.8) is 0 Å². The molecule has 604 valence electrons. The summed E-state index contributed by atoms with van der Waals surface area (Å²) in [6, 6.07) is 13.7.